The number of halogens is 2. The van der Waals surface area contributed by atoms with Gasteiger partial charge in [0.25, 0.3) is 0 Å². The highest BCUT2D eigenvalue weighted by Gasteiger charge is 2.27. The number of furan rings is 1. The highest BCUT2D eigenvalue weighted by molar-refractivity contribution is 6.40. The van der Waals surface area contributed by atoms with Crippen molar-refractivity contribution in [3.8, 4) is 0 Å². The molecule has 1 aromatic carbocycles. The van der Waals surface area contributed by atoms with Crippen LogP contribution in [0.3, 0.4) is 0 Å². The first-order valence-electron chi connectivity index (χ1n) is 9.11. The molecule has 0 atom stereocenters. The Morgan fingerprint density at radius 1 is 1.16 bits per heavy atom. The molecule has 2 aromatic rings. The van der Waals surface area contributed by atoms with Crippen LogP contribution in [0.1, 0.15) is 18.4 Å². The summed E-state index contributed by atoms with van der Waals surface area (Å²) in [5, 5.41) is 15.7. The zero-order valence-corrected chi connectivity index (χ0v) is 18.4. The molecule has 0 spiro atoms. The molecular formula is C21H17Cl2N3O6. The Hall–Kier alpha value is -3.56. The number of aliphatic hydroxyl groups is 1. The summed E-state index contributed by atoms with van der Waals surface area (Å²) in [6.07, 6.45) is 1.43. The lowest BCUT2D eigenvalue weighted by Crippen LogP contribution is -2.34. The first-order chi connectivity index (χ1) is 15.2. The number of hydrogen-bond acceptors (Lipinski definition) is 7. The van der Waals surface area contributed by atoms with Gasteiger partial charge in [-0.15, -0.1) is 0 Å². The normalized spacial score (nSPS) is 14.4. The van der Waals surface area contributed by atoms with Gasteiger partial charge in [0.1, 0.15) is 22.8 Å². The third-order valence-corrected chi connectivity index (χ3v) is 4.67. The molecule has 1 aliphatic heterocycles. The van der Waals surface area contributed by atoms with Gasteiger partial charge in [-0.3, -0.25) is 9.59 Å². The topological polar surface area (TPSA) is 130 Å². The Kier molecular flexibility index (Phi) is 7.01. The second kappa shape index (κ2) is 9.71. The summed E-state index contributed by atoms with van der Waals surface area (Å²) < 4.78 is 10.2. The summed E-state index contributed by atoms with van der Waals surface area (Å²) in [5.41, 5.74) is 0.699. The van der Waals surface area contributed by atoms with Gasteiger partial charge in [0.2, 0.25) is 0 Å². The van der Waals surface area contributed by atoms with E-state index in [2.05, 4.69) is 20.4 Å². The molecule has 0 fully saturated rings. The molecule has 32 heavy (non-hydrogen) atoms. The Morgan fingerprint density at radius 2 is 1.84 bits per heavy atom. The van der Waals surface area contributed by atoms with Gasteiger partial charge in [-0.25, -0.2) is 9.79 Å². The lowest BCUT2D eigenvalue weighted by atomic mass is 10.1. The van der Waals surface area contributed by atoms with E-state index in [1.165, 1.54) is 31.4 Å². The van der Waals surface area contributed by atoms with Gasteiger partial charge in [-0.1, -0.05) is 23.2 Å². The largest absolute Gasteiger partial charge is 0.505 e. The van der Waals surface area contributed by atoms with Crippen LogP contribution in [0.15, 0.2) is 56.8 Å². The summed E-state index contributed by atoms with van der Waals surface area (Å²) in [6.45, 7) is 1.50. The quantitative estimate of drug-likeness (QED) is 0.445. The molecule has 3 N–H and O–H groups in total. The number of rotatable bonds is 5. The van der Waals surface area contributed by atoms with Gasteiger partial charge in [0, 0.05) is 21.8 Å². The van der Waals surface area contributed by atoms with Crippen LogP contribution in [0.25, 0.3) is 6.08 Å². The Morgan fingerprint density at radius 3 is 2.50 bits per heavy atom. The van der Waals surface area contributed by atoms with Gasteiger partial charge in [0.15, 0.2) is 5.76 Å². The number of carbonyl (C=O) groups excluding carboxylic acids is 3. The van der Waals surface area contributed by atoms with Gasteiger partial charge in [-0.2, -0.15) is 0 Å². The molecule has 0 bridgehead atoms. The maximum Gasteiger partial charge on any atom is 0.343 e. The van der Waals surface area contributed by atoms with E-state index in [0.29, 0.717) is 27.3 Å². The molecular weight excluding hydrogens is 461 g/mol. The molecule has 2 amide bonds. The van der Waals surface area contributed by atoms with Crippen molar-refractivity contribution >= 4 is 58.5 Å². The average molecular weight is 478 g/mol. The SMILES string of the molecule is COC(=O)C1=C(O)C(=Cc2ccc(CNC(=O)C(=O)Nc3cc(Cl)cc(Cl)c3)o2)N=C1C. The van der Waals surface area contributed by atoms with E-state index in [1.54, 1.807) is 19.1 Å². The predicted molar refractivity (Wildman–Crippen MR) is 118 cm³/mol. The molecule has 0 aliphatic carbocycles. The summed E-state index contributed by atoms with van der Waals surface area (Å²) in [7, 11) is 1.20. The molecule has 11 heteroatoms. The van der Waals surface area contributed by atoms with E-state index in [1.807, 2.05) is 0 Å². The van der Waals surface area contributed by atoms with Gasteiger partial charge < -0.3 is 24.9 Å². The number of benzene rings is 1. The summed E-state index contributed by atoms with van der Waals surface area (Å²) >= 11 is 11.7. The third-order valence-electron chi connectivity index (χ3n) is 4.23. The highest BCUT2D eigenvalue weighted by atomic mass is 35.5. The molecule has 0 unspecified atom stereocenters. The van der Waals surface area contributed by atoms with E-state index >= 15 is 0 Å². The summed E-state index contributed by atoms with van der Waals surface area (Å²) in [4.78, 5) is 39.9. The first-order valence-corrected chi connectivity index (χ1v) is 9.86. The molecule has 1 aliphatic rings. The number of methoxy groups -OCH3 is 1. The smallest absolute Gasteiger partial charge is 0.343 e. The van der Waals surface area contributed by atoms with Crippen LogP contribution in [0.5, 0.6) is 0 Å². The number of nitrogens with zero attached hydrogens (tertiary/aromatic N) is 1. The van der Waals surface area contributed by atoms with Crippen molar-refractivity contribution in [1.82, 2.24) is 5.32 Å². The van der Waals surface area contributed by atoms with Crippen LogP contribution in [-0.4, -0.2) is 35.7 Å². The lowest BCUT2D eigenvalue weighted by Gasteiger charge is -2.06. The number of aliphatic hydroxyl groups excluding tert-OH is 1. The molecule has 3 rings (SSSR count). The predicted octanol–water partition coefficient (Wildman–Crippen LogP) is 3.64. The molecule has 0 saturated heterocycles. The van der Waals surface area contributed by atoms with Gasteiger partial charge in [0.05, 0.1) is 19.4 Å². The van der Waals surface area contributed by atoms with Gasteiger partial charge >= 0.3 is 17.8 Å². The number of anilines is 1. The Bertz CT molecular complexity index is 1180. The van der Waals surface area contributed by atoms with Crippen molar-refractivity contribution < 1.29 is 28.6 Å². The minimum atomic E-state index is -0.904. The number of esters is 1. The lowest BCUT2D eigenvalue weighted by molar-refractivity contribution is -0.136. The number of carbonyl (C=O) groups is 3. The number of nitrogens with one attached hydrogen (secondary N) is 2. The number of hydrogen-bond donors (Lipinski definition) is 3. The zero-order chi connectivity index (χ0) is 23.4. The highest BCUT2D eigenvalue weighted by Crippen LogP contribution is 2.27. The maximum atomic E-state index is 12.0. The van der Waals surface area contributed by atoms with Crippen LogP contribution in [0.4, 0.5) is 5.69 Å². The summed E-state index contributed by atoms with van der Waals surface area (Å²) in [5.74, 6) is -2.16. The zero-order valence-electron chi connectivity index (χ0n) is 16.9. The monoisotopic (exact) mass is 477 g/mol. The van der Waals surface area contributed by atoms with Crippen LogP contribution in [0, 0.1) is 0 Å². The van der Waals surface area contributed by atoms with Crippen LogP contribution in [0.2, 0.25) is 10.0 Å². The Balaban J connectivity index is 1.61. The fraction of sp³-hybridized carbons (Fsp3) is 0.143. The summed E-state index contributed by atoms with van der Waals surface area (Å²) in [6, 6.07) is 7.56. The van der Waals surface area contributed by atoms with Crippen molar-refractivity contribution in [3.63, 3.8) is 0 Å². The van der Waals surface area contributed by atoms with E-state index in [0.717, 1.165) is 0 Å². The van der Waals surface area contributed by atoms with Crippen molar-refractivity contribution in [3.05, 3.63) is 68.9 Å². The van der Waals surface area contributed by atoms with E-state index in [9.17, 15) is 19.5 Å². The van der Waals surface area contributed by atoms with Crippen LogP contribution < -0.4 is 10.6 Å². The number of amides is 2. The molecule has 166 valence electrons. The molecule has 9 nitrogen and oxygen atoms in total. The van der Waals surface area contributed by atoms with E-state index in [4.69, 9.17) is 27.6 Å². The van der Waals surface area contributed by atoms with Gasteiger partial charge in [-0.05, 0) is 37.3 Å². The van der Waals surface area contributed by atoms with Crippen molar-refractivity contribution in [1.29, 1.82) is 0 Å². The fourth-order valence-corrected chi connectivity index (χ4v) is 3.33. The maximum absolute atomic E-state index is 12.0. The van der Waals surface area contributed by atoms with Crippen molar-refractivity contribution in [2.75, 3.05) is 12.4 Å². The van der Waals surface area contributed by atoms with E-state index in [-0.39, 0.29) is 29.3 Å². The molecule has 1 aromatic heterocycles. The third kappa shape index (κ3) is 5.37. The van der Waals surface area contributed by atoms with Crippen LogP contribution >= 0.6 is 23.2 Å². The fourth-order valence-electron chi connectivity index (χ4n) is 2.80. The molecule has 0 radical (unpaired) electrons. The number of ether oxygens (including phenoxy) is 1. The molecule has 2 heterocycles. The standard InChI is InChI=1S/C21H17Cl2N3O6/c1-10-17(21(30)31-2)18(27)16(25-10)8-14-3-4-15(32-14)9-24-19(28)20(29)26-13-6-11(22)5-12(23)7-13/h3-8,27H,9H2,1-2H3,(H,24,28)(H,26,29). The van der Waals surface area contributed by atoms with Crippen molar-refractivity contribution in [2.24, 2.45) is 4.99 Å². The minimum Gasteiger partial charge on any atom is -0.505 e. The second-order valence-corrected chi connectivity index (χ2v) is 7.41. The van der Waals surface area contributed by atoms with Crippen LogP contribution in [-0.2, 0) is 25.7 Å². The number of aliphatic imine (C=N–C) groups is 1. The average Bonchev–Trinajstić information content (AvgIpc) is 3.28. The Labute approximate surface area is 192 Å². The van der Waals surface area contributed by atoms with Crippen molar-refractivity contribution in [2.45, 2.75) is 13.5 Å². The van der Waals surface area contributed by atoms with E-state index < -0.39 is 17.8 Å². The first kappa shape index (κ1) is 23.1. The second-order valence-electron chi connectivity index (χ2n) is 6.54. The molecule has 0 saturated carbocycles. The minimum absolute atomic E-state index is 0.0233.